The van der Waals surface area contributed by atoms with Crippen molar-refractivity contribution in [3.05, 3.63) is 379 Å². The molecule has 14 aromatic rings. The number of para-hydroxylation sites is 2. The van der Waals surface area contributed by atoms with E-state index in [-0.39, 0.29) is 10.8 Å². The lowest BCUT2D eigenvalue weighted by Crippen LogP contribution is -2.16. The average Bonchev–Trinajstić information content (AvgIpc) is 1.61. The molecule has 0 spiro atoms. The Bertz CT molecular complexity index is 4880. The molecule has 2 aliphatic rings. The molecule has 0 saturated carbocycles. The molecule has 0 aliphatic heterocycles. The highest BCUT2D eigenvalue weighted by Gasteiger charge is 2.37. The number of halogens is 1. The molecule has 1 N–H and O–H groups in total. The first-order valence-electron chi connectivity index (χ1n) is 32.1. The first kappa shape index (κ1) is 59.6. The van der Waals surface area contributed by atoms with Crippen molar-refractivity contribution in [3.63, 3.8) is 0 Å². The molecule has 14 aromatic carbocycles. The Morgan fingerprint density at radius 1 is 0.247 bits per heavy atom. The largest absolute Gasteiger partial charge is 0.355 e. The van der Waals surface area contributed by atoms with Crippen LogP contribution in [0.15, 0.2) is 352 Å². The Labute approximate surface area is 553 Å². The zero-order chi connectivity index (χ0) is 63.3. The monoisotopic (exact) mass is 1210 g/mol. The molecule has 0 radical (unpaired) electrons. The summed E-state index contributed by atoms with van der Waals surface area (Å²) in [7, 11) is 0. The van der Waals surface area contributed by atoms with Crippen molar-refractivity contribution in [2.24, 2.45) is 0 Å². The zero-order valence-electron chi connectivity index (χ0n) is 52.8. The van der Waals surface area contributed by atoms with E-state index in [0.29, 0.717) is 0 Å². The number of anilines is 5. The topological polar surface area (TPSA) is 15.3 Å². The van der Waals surface area contributed by atoms with Crippen molar-refractivity contribution in [2.45, 2.75) is 38.5 Å². The van der Waals surface area contributed by atoms with Crippen LogP contribution in [-0.4, -0.2) is 0 Å². The second-order valence-electron chi connectivity index (χ2n) is 25.0. The molecule has 0 atom stereocenters. The number of hydrogen-bond acceptors (Lipinski definition) is 2. The minimum Gasteiger partial charge on any atom is -0.355 e. The van der Waals surface area contributed by atoms with E-state index in [1.807, 2.05) is 30.3 Å². The van der Waals surface area contributed by atoms with Gasteiger partial charge in [0.2, 0.25) is 0 Å². The van der Waals surface area contributed by atoms with Crippen molar-refractivity contribution in [3.8, 4) is 89.0 Å². The lowest BCUT2D eigenvalue weighted by atomic mass is 9.82. The van der Waals surface area contributed by atoms with Gasteiger partial charge in [0, 0.05) is 49.7 Å². The van der Waals surface area contributed by atoms with Gasteiger partial charge in [-0.05, 0) is 161 Å². The quantitative estimate of drug-likeness (QED) is 0.139. The standard InChI is InChI=1S/C45H35N.C27H23N.C18H13Cl/c1-45(2)42-19-11-9-18-40(42)41-30-29-38(31-43(41)45)46(44-20-12-10-17-39(44)36-15-7-4-8-16-36)37-27-25-35(26-28-37)34-23-21-33(22-24-34)32-13-5-3-6-14-32;1-27(2)24-14-8-6-13-22(24)23-17-16-20(18-25(23)27)28-26-15-9-7-12-21(26)19-10-4-3-5-11-19;19-18-12-10-17(11-13-18)16-8-6-15(7-9-16)14-4-2-1-3-5-14/h3-31H,1-2H3;3-18,28H,1-2H3;1-13H. The summed E-state index contributed by atoms with van der Waals surface area (Å²) >= 11 is 5.90. The van der Waals surface area contributed by atoms with Crippen LogP contribution in [0, 0.1) is 0 Å². The fourth-order valence-electron chi connectivity index (χ4n) is 13.6. The third-order valence-corrected chi connectivity index (χ3v) is 18.8. The summed E-state index contributed by atoms with van der Waals surface area (Å²) in [4.78, 5) is 2.42. The normalized spacial score (nSPS) is 12.5. The molecular formula is C90H71ClN2. The maximum atomic E-state index is 5.90. The van der Waals surface area contributed by atoms with Crippen LogP contribution in [-0.2, 0) is 10.8 Å². The molecule has 0 aromatic heterocycles. The number of benzene rings is 14. The van der Waals surface area contributed by atoms with Gasteiger partial charge in [0.1, 0.15) is 0 Å². The lowest BCUT2D eigenvalue weighted by Gasteiger charge is -2.30. The van der Waals surface area contributed by atoms with E-state index in [1.165, 1.54) is 111 Å². The molecule has 3 heteroatoms. The molecule has 16 rings (SSSR count). The summed E-state index contributed by atoms with van der Waals surface area (Å²) in [5, 5.41) is 4.43. The average molecular weight is 1220 g/mol. The molecule has 93 heavy (non-hydrogen) atoms. The first-order chi connectivity index (χ1) is 45.5. The Hall–Kier alpha value is -11.0. The predicted octanol–water partition coefficient (Wildman–Crippen LogP) is 25.5. The second-order valence-corrected chi connectivity index (χ2v) is 25.5. The van der Waals surface area contributed by atoms with Crippen LogP contribution in [0.2, 0.25) is 5.02 Å². The van der Waals surface area contributed by atoms with Gasteiger partial charge in [0.25, 0.3) is 0 Å². The van der Waals surface area contributed by atoms with E-state index in [4.69, 9.17) is 11.6 Å². The van der Waals surface area contributed by atoms with E-state index in [2.05, 4.69) is 359 Å². The SMILES string of the molecule is CC1(C)c2ccccc2-c2ccc(N(c3ccc(-c4ccc(-c5ccccc5)cc4)cc3)c3ccccc3-c3ccccc3)cc21.CC1(C)c2ccccc2-c2ccc(Nc3ccccc3-c3ccccc3)cc21.Clc1ccc(-c2ccc(-c3ccccc3)cc2)cc1. The van der Waals surface area contributed by atoms with Gasteiger partial charge >= 0.3 is 0 Å². The van der Waals surface area contributed by atoms with Crippen molar-refractivity contribution >= 4 is 40.0 Å². The van der Waals surface area contributed by atoms with Crippen molar-refractivity contribution < 1.29 is 0 Å². The highest BCUT2D eigenvalue weighted by Crippen LogP contribution is 2.52. The smallest absolute Gasteiger partial charge is 0.0540 e. The summed E-state index contributed by atoms with van der Waals surface area (Å²) in [5.41, 5.74) is 31.1. The molecular weight excluding hydrogens is 1140 g/mol. The van der Waals surface area contributed by atoms with E-state index < -0.39 is 0 Å². The van der Waals surface area contributed by atoms with Crippen LogP contribution in [0.3, 0.4) is 0 Å². The molecule has 448 valence electrons. The van der Waals surface area contributed by atoms with Gasteiger partial charge < -0.3 is 10.2 Å². The van der Waals surface area contributed by atoms with E-state index in [0.717, 1.165) is 33.5 Å². The molecule has 0 heterocycles. The number of hydrogen-bond donors (Lipinski definition) is 1. The first-order valence-corrected chi connectivity index (χ1v) is 32.5. The third-order valence-electron chi connectivity index (χ3n) is 18.5. The highest BCUT2D eigenvalue weighted by atomic mass is 35.5. The Morgan fingerprint density at radius 2 is 0.570 bits per heavy atom. The molecule has 2 nitrogen and oxygen atoms in total. The number of fused-ring (bicyclic) bond motifs is 6. The van der Waals surface area contributed by atoms with Crippen molar-refractivity contribution in [2.75, 3.05) is 10.2 Å². The van der Waals surface area contributed by atoms with Gasteiger partial charge in [-0.3, -0.25) is 0 Å². The van der Waals surface area contributed by atoms with E-state index >= 15 is 0 Å². The van der Waals surface area contributed by atoms with Crippen LogP contribution in [0.4, 0.5) is 28.4 Å². The molecule has 2 aliphatic carbocycles. The van der Waals surface area contributed by atoms with Crippen molar-refractivity contribution in [1.29, 1.82) is 0 Å². The van der Waals surface area contributed by atoms with Gasteiger partial charge in [-0.25, -0.2) is 0 Å². The maximum Gasteiger partial charge on any atom is 0.0540 e. The Balaban J connectivity index is 0.000000135. The fraction of sp³-hybridized carbons (Fsp3) is 0.0667. The second kappa shape index (κ2) is 26.1. The lowest BCUT2D eigenvalue weighted by molar-refractivity contribution is 0.660. The highest BCUT2D eigenvalue weighted by molar-refractivity contribution is 6.30. The van der Waals surface area contributed by atoms with Gasteiger partial charge in [-0.15, -0.1) is 0 Å². The van der Waals surface area contributed by atoms with Crippen molar-refractivity contribution in [1.82, 2.24) is 0 Å². The molecule has 0 fully saturated rings. The minimum absolute atomic E-state index is 0.0164. The van der Waals surface area contributed by atoms with Crippen LogP contribution in [0.25, 0.3) is 89.0 Å². The van der Waals surface area contributed by atoms with Gasteiger partial charge in [0.05, 0.1) is 5.69 Å². The summed E-state index contributed by atoms with van der Waals surface area (Å²) in [6, 6.07) is 125. The number of nitrogens with one attached hydrogen (secondary N) is 1. The fourth-order valence-corrected chi connectivity index (χ4v) is 13.7. The van der Waals surface area contributed by atoms with Crippen LogP contribution in [0.1, 0.15) is 49.9 Å². The predicted molar refractivity (Wildman–Crippen MR) is 396 cm³/mol. The molecule has 0 bridgehead atoms. The Morgan fingerprint density at radius 3 is 1.05 bits per heavy atom. The summed E-state index contributed by atoms with van der Waals surface area (Å²) in [6.07, 6.45) is 0. The summed E-state index contributed by atoms with van der Waals surface area (Å²) in [6.45, 7) is 9.34. The Kier molecular flexibility index (Phi) is 16.7. The minimum atomic E-state index is -0.0810. The molecule has 0 saturated heterocycles. The van der Waals surface area contributed by atoms with Gasteiger partial charge in [-0.2, -0.15) is 0 Å². The third kappa shape index (κ3) is 12.3. The van der Waals surface area contributed by atoms with E-state index in [9.17, 15) is 0 Å². The van der Waals surface area contributed by atoms with E-state index in [1.54, 1.807) is 0 Å². The van der Waals surface area contributed by atoms with Gasteiger partial charge in [0.15, 0.2) is 0 Å². The number of nitrogens with zero attached hydrogens (tertiary/aromatic N) is 1. The van der Waals surface area contributed by atoms with Crippen LogP contribution in [0.5, 0.6) is 0 Å². The summed E-state index contributed by atoms with van der Waals surface area (Å²) in [5.74, 6) is 0. The number of rotatable bonds is 11. The molecule has 0 amide bonds. The molecule has 0 unspecified atom stereocenters. The maximum absolute atomic E-state index is 5.90. The summed E-state index contributed by atoms with van der Waals surface area (Å²) < 4.78 is 0. The van der Waals surface area contributed by atoms with Gasteiger partial charge in [-0.1, -0.05) is 330 Å². The zero-order valence-corrected chi connectivity index (χ0v) is 53.6. The van der Waals surface area contributed by atoms with Crippen LogP contribution < -0.4 is 10.2 Å². The van der Waals surface area contributed by atoms with Crippen LogP contribution >= 0.6 is 11.6 Å².